The van der Waals surface area contributed by atoms with Crippen molar-refractivity contribution in [2.45, 2.75) is 19.9 Å². The number of methoxy groups -OCH3 is 1. The zero-order valence-electron chi connectivity index (χ0n) is 12.8. The minimum atomic E-state index is -0.0167. The highest BCUT2D eigenvalue weighted by atomic mass is 32.1. The summed E-state index contributed by atoms with van der Waals surface area (Å²) < 4.78 is 5.42. The molecule has 2 heterocycles. The van der Waals surface area contributed by atoms with Crippen LogP contribution in [0.25, 0.3) is 0 Å². The van der Waals surface area contributed by atoms with Crippen LogP contribution < -0.4 is 10.1 Å². The van der Waals surface area contributed by atoms with Gasteiger partial charge in [0.1, 0.15) is 11.4 Å². The Kier molecular flexibility index (Phi) is 4.29. The summed E-state index contributed by atoms with van der Waals surface area (Å²) in [6.07, 6.45) is 0.850. The maximum absolute atomic E-state index is 12.6. The summed E-state index contributed by atoms with van der Waals surface area (Å²) in [6, 6.07) is 6.04. The van der Waals surface area contributed by atoms with E-state index >= 15 is 0 Å². The Bertz CT molecular complexity index is 670. The van der Waals surface area contributed by atoms with Crippen LogP contribution in [0, 0.1) is 0 Å². The van der Waals surface area contributed by atoms with Crippen molar-refractivity contribution in [1.82, 2.24) is 9.88 Å². The summed E-state index contributed by atoms with van der Waals surface area (Å²) in [5, 5.41) is 5.75. The van der Waals surface area contributed by atoms with E-state index in [0.717, 1.165) is 29.4 Å². The second-order valence-corrected chi connectivity index (χ2v) is 6.00. The Labute approximate surface area is 133 Å². The molecule has 0 saturated carbocycles. The van der Waals surface area contributed by atoms with Gasteiger partial charge in [0.05, 0.1) is 7.11 Å². The lowest BCUT2D eigenvalue weighted by Crippen LogP contribution is -2.36. The summed E-state index contributed by atoms with van der Waals surface area (Å²) in [4.78, 5) is 18.8. The summed E-state index contributed by atoms with van der Waals surface area (Å²) in [5.41, 5.74) is 2.88. The van der Waals surface area contributed by atoms with Crippen molar-refractivity contribution in [1.29, 1.82) is 0 Å². The van der Waals surface area contributed by atoms with Crippen LogP contribution >= 0.6 is 11.3 Å². The Morgan fingerprint density at radius 1 is 1.50 bits per heavy atom. The molecule has 6 heteroatoms. The number of benzene rings is 1. The molecule has 1 aliphatic rings. The average molecular weight is 317 g/mol. The molecule has 1 amide bonds. The second-order valence-electron chi connectivity index (χ2n) is 5.14. The van der Waals surface area contributed by atoms with Crippen LogP contribution in [-0.2, 0) is 13.0 Å². The van der Waals surface area contributed by atoms with Crippen LogP contribution in [0.5, 0.6) is 5.75 Å². The number of amides is 1. The molecule has 1 aromatic carbocycles. The molecule has 0 unspecified atom stereocenters. The molecule has 0 atom stereocenters. The molecule has 5 nitrogen and oxygen atoms in total. The monoisotopic (exact) mass is 317 g/mol. The number of nitrogens with zero attached hydrogens (tertiary/aromatic N) is 2. The van der Waals surface area contributed by atoms with E-state index < -0.39 is 0 Å². The zero-order chi connectivity index (χ0) is 15.5. The number of fused-ring (bicyclic) bond motifs is 1. The quantitative estimate of drug-likeness (QED) is 0.942. The molecule has 22 heavy (non-hydrogen) atoms. The van der Waals surface area contributed by atoms with E-state index in [4.69, 9.17) is 4.74 Å². The number of nitrogens with one attached hydrogen (secondary N) is 1. The number of aromatic nitrogens is 1. The molecule has 0 aliphatic carbocycles. The molecule has 0 fully saturated rings. The van der Waals surface area contributed by atoms with Crippen molar-refractivity contribution in [3.63, 3.8) is 0 Å². The fourth-order valence-electron chi connectivity index (χ4n) is 2.68. The van der Waals surface area contributed by atoms with Crippen LogP contribution in [0.1, 0.15) is 28.5 Å². The highest BCUT2D eigenvalue weighted by Crippen LogP contribution is 2.29. The first-order chi connectivity index (χ1) is 10.7. The predicted octanol–water partition coefficient (Wildman–Crippen LogP) is 2.78. The standard InChI is InChI=1S/C16H19N3O2S/c1-3-17-16-18-13(10-22-16)15(20)19-8-7-11-5-4-6-14(21-2)12(11)9-19/h4-6,10H,3,7-9H2,1-2H3,(H,17,18). The maximum Gasteiger partial charge on any atom is 0.273 e. The fraction of sp³-hybridized carbons (Fsp3) is 0.375. The molecular formula is C16H19N3O2S. The van der Waals surface area contributed by atoms with Crippen LogP contribution in [0.4, 0.5) is 5.13 Å². The second kappa shape index (κ2) is 6.36. The summed E-state index contributed by atoms with van der Waals surface area (Å²) in [6.45, 7) is 4.10. The fourth-order valence-corrected chi connectivity index (χ4v) is 3.44. The molecule has 0 spiro atoms. The first-order valence-corrected chi connectivity index (χ1v) is 8.24. The van der Waals surface area contributed by atoms with Gasteiger partial charge in [-0.1, -0.05) is 12.1 Å². The van der Waals surface area contributed by atoms with Crippen LogP contribution in [-0.4, -0.2) is 36.0 Å². The van der Waals surface area contributed by atoms with E-state index in [2.05, 4.69) is 16.4 Å². The third-order valence-corrected chi connectivity index (χ3v) is 4.59. The topological polar surface area (TPSA) is 54.5 Å². The molecule has 3 rings (SSSR count). The average Bonchev–Trinajstić information content (AvgIpc) is 3.02. The zero-order valence-corrected chi connectivity index (χ0v) is 13.6. The lowest BCUT2D eigenvalue weighted by molar-refractivity contribution is 0.0728. The van der Waals surface area contributed by atoms with Gasteiger partial charge in [-0.3, -0.25) is 4.79 Å². The van der Waals surface area contributed by atoms with E-state index in [-0.39, 0.29) is 5.91 Å². The van der Waals surface area contributed by atoms with Gasteiger partial charge in [0.25, 0.3) is 5.91 Å². The largest absolute Gasteiger partial charge is 0.496 e. The molecule has 116 valence electrons. The third-order valence-electron chi connectivity index (χ3n) is 3.79. The van der Waals surface area contributed by atoms with Crippen LogP contribution in [0.15, 0.2) is 23.6 Å². The summed E-state index contributed by atoms with van der Waals surface area (Å²) in [7, 11) is 1.67. The summed E-state index contributed by atoms with van der Waals surface area (Å²) >= 11 is 1.47. The molecule has 1 aliphatic heterocycles. The van der Waals surface area contributed by atoms with Crippen molar-refractivity contribution in [2.75, 3.05) is 25.5 Å². The van der Waals surface area contributed by atoms with Gasteiger partial charge < -0.3 is 15.0 Å². The highest BCUT2D eigenvalue weighted by Gasteiger charge is 2.25. The lowest BCUT2D eigenvalue weighted by atomic mass is 9.98. The number of anilines is 1. The first kappa shape index (κ1) is 14.8. The van der Waals surface area contributed by atoms with Crippen molar-refractivity contribution >= 4 is 22.4 Å². The molecule has 2 aromatic rings. The van der Waals surface area contributed by atoms with Gasteiger partial charge in [0, 0.05) is 30.6 Å². The molecule has 1 N–H and O–H groups in total. The number of hydrogen-bond acceptors (Lipinski definition) is 5. The Balaban J connectivity index is 1.79. The Morgan fingerprint density at radius 3 is 3.14 bits per heavy atom. The lowest BCUT2D eigenvalue weighted by Gasteiger charge is -2.29. The molecular weight excluding hydrogens is 298 g/mol. The SMILES string of the molecule is CCNc1nc(C(=O)N2CCc3cccc(OC)c3C2)cs1. The number of hydrogen-bond donors (Lipinski definition) is 1. The predicted molar refractivity (Wildman–Crippen MR) is 87.7 cm³/mol. The van der Waals surface area contributed by atoms with Gasteiger partial charge in [-0.05, 0) is 25.0 Å². The minimum absolute atomic E-state index is 0.0167. The van der Waals surface area contributed by atoms with Gasteiger partial charge in [0.2, 0.25) is 0 Å². The van der Waals surface area contributed by atoms with E-state index in [1.807, 2.05) is 29.3 Å². The van der Waals surface area contributed by atoms with Crippen molar-refractivity contribution in [3.8, 4) is 5.75 Å². The van der Waals surface area contributed by atoms with E-state index in [0.29, 0.717) is 18.8 Å². The van der Waals surface area contributed by atoms with Crippen molar-refractivity contribution in [2.24, 2.45) is 0 Å². The van der Waals surface area contributed by atoms with Gasteiger partial charge in [-0.15, -0.1) is 11.3 Å². The minimum Gasteiger partial charge on any atom is -0.496 e. The van der Waals surface area contributed by atoms with E-state index in [1.165, 1.54) is 16.9 Å². The third kappa shape index (κ3) is 2.78. The van der Waals surface area contributed by atoms with Gasteiger partial charge in [-0.2, -0.15) is 0 Å². The Morgan fingerprint density at radius 2 is 2.36 bits per heavy atom. The number of carbonyl (C=O) groups excluding carboxylic acids is 1. The number of ether oxygens (including phenoxy) is 1. The van der Waals surface area contributed by atoms with Crippen LogP contribution in [0.3, 0.4) is 0 Å². The first-order valence-electron chi connectivity index (χ1n) is 7.36. The van der Waals surface area contributed by atoms with Gasteiger partial charge >= 0.3 is 0 Å². The molecule has 0 radical (unpaired) electrons. The highest BCUT2D eigenvalue weighted by molar-refractivity contribution is 7.13. The summed E-state index contributed by atoms with van der Waals surface area (Å²) in [5.74, 6) is 0.832. The van der Waals surface area contributed by atoms with Crippen molar-refractivity contribution < 1.29 is 9.53 Å². The smallest absolute Gasteiger partial charge is 0.273 e. The molecule has 0 saturated heterocycles. The maximum atomic E-state index is 12.6. The van der Waals surface area contributed by atoms with Crippen molar-refractivity contribution in [3.05, 3.63) is 40.4 Å². The normalized spacial score (nSPS) is 13.6. The molecule has 1 aromatic heterocycles. The molecule has 0 bridgehead atoms. The number of rotatable bonds is 4. The van der Waals surface area contributed by atoms with Crippen LogP contribution in [0.2, 0.25) is 0 Å². The van der Waals surface area contributed by atoms with Gasteiger partial charge in [0.15, 0.2) is 5.13 Å². The van der Waals surface area contributed by atoms with E-state index in [1.54, 1.807) is 7.11 Å². The number of thiazole rings is 1. The van der Waals surface area contributed by atoms with E-state index in [9.17, 15) is 4.79 Å². The Hall–Kier alpha value is -2.08. The van der Waals surface area contributed by atoms with Gasteiger partial charge in [-0.25, -0.2) is 4.98 Å². The number of carbonyl (C=O) groups is 1.